The number of amides is 1. The maximum absolute atomic E-state index is 11.8. The van der Waals surface area contributed by atoms with Gasteiger partial charge in [0.15, 0.2) is 5.76 Å². The highest BCUT2D eigenvalue weighted by molar-refractivity contribution is 5.95. The Balaban J connectivity index is 2.26. The molecule has 0 spiro atoms. The third-order valence-electron chi connectivity index (χ3n) is 2.70. The molecule has 4 nitrogen and oxygen atoms in total. The molecule has 4 heteroatoms. The van der Waals surface area contributed by atoms with E-state index in [0.717, 1.165) is 11.1 Å². The van der Waals surface area contributed by atoms with Crippen LogP contribution in [0.15, 0.2) is 60.4 Å². The number of hydrazine groups is 1. The molecule has 0 aliphatic carbocycles. The quantitative estimate of drug-likeness (QED) is 0.294. The molecule has 20 heavy (non-hydrogen) atoms. The molecule has 0 heterocycles. The Hall–Kier alpha value is -2.59. The van der Waals surface area contributed by atoms with Crippen LogP contribution in [0.1, 0.15) is 11.1 Å². The van der Waals surface area contributed by atoms with Gasteiger partial charge in [0.05, 0.1) is 0 Å². The van der Waals surface area contributed by atoms with E-state index in [1.807, 2.05) is 49.4 Å². The Morgan fingerprint density at radius 3 is 2.35 bits per heavy atom. The lowest BCUT2D eigenvalue weighted by atomic mass is 10.2. The molecule has 0 saturated heterocycles. The number of hydrogen-bond acceptors (Lipinski definition) is 3. The summed E-state index contributed by atoms with van der Waals surface area (Å²) < 4.78 is 5.60. The van der Waals surface area contributed by atoms with Crippen molar-refractivity contribution in [3.05, 3.63) is 71.5 Å². The van der Waals surface area contributed by atoms with E-state index >= 15 is 0 Å². The second-order valence-electron chi connectivity index (χ2n) is 4.31. The summed E-state index contributed by atoms with van der Waals surface area (Å²) in [6.07, 6.45) is 1.64. The first-order chi connectivity index (χ1) is 9.69. The summed E-state index contributed by atoms with van der Waals surface area (Å²) in [7, 11) is 0. The summed E-state index contributed by atoms with van der Waals surface area (Å²) in [6.45, 7) is 1.98. The zero-order valence-corrected chi connectivity index (χ0v) is 11.2. The largest absolute Gasteiger partial charge is 0.452 e. The maximum Gasteiger partial charge on any atom is 0.300 e. The van der Waals surface area contributed by atoms with Crippen molar-refractivity contribution in [2.75, 3.05) is 0 Å². The van der Waals surface area contributed by atoms with Gasteiger partial charge >= 0.3 is 5.91 Å². The summed E-state index contributed by atoms with van der Waals surface area (Å²) in [6, 6.07) is 16.9. The predicted molar refractivity (Wildman–Crippen MR) is 78.6 cm³/mol. The standard InChI is InChI=1S/C16H16N2O2/c1-12-7-9-14(10-8-12)20-15(16(19)18-17)11-13-5-3-2-4-6-13/h2-11H,17H2,1H3,(H,18,19)/b15-11-. The average molecular weight is 268 g/mol. The Kier molecular flexibility index (Phi) is 4.52. The summed E-state index contributed by atoms with van der Waals surface area (Å²) in [4.78, 5) is 11.8. The number of ether oxygens (including phenoxy) is 1. The third-order valence-corrected chi connectivity index (χ3v) is 2.70. The van der Waals surface area contributed by atoms with E-state index in [1.165, 1.54) is 0 Å². The first-order valence-corrected chi connectivity index (χ1v) is 6.21. The second-order valence-corrected chi connectivity index (χ2v) is 4.31. The Morgan fingerprint density at radius 2 is 1.75 bits per heavy atom. The number of carbonyl (C=O) groups excluding carboxylic acids is 1. The fraction of sp³-hybridized carbons (Fsp3) is 0.0625. The van der Waals surface area contributed by atoms with E-state index in [2.05, 4.69) is 5.43 Å². The minimum absolute atomic E-state index is 0.141. The average Bonchev–Trinajstić information content (AvgIpc) is 2.49. The van der Waals surface area contributed by atoms with Crippen LogP contribution in [0.4, 0.5) is 0 Å². The molecule has 0 aliphatic rings. The fourth-order valence-electron chi connectivity index (χ4n) is 1.65. The summed E-state index contributed by atoms with van der Waals surface area (Å²) in [5.74, 6) is 5.43. The van der Waals surface area contributed by atoms with Crippen molar-refractivity contribution in [1.82, 2.24) is 5.43 Å². The number of aryl methyl sites for hydroxylation is 1. The van der Waals surface area contributed by atoms with E-state index in [0.29, 0.717) is 5.75 Å². The van der Waals surface area contributed by atoms with Crippen LogP contribution in [0, 0.1) is 6.92 Å². The molecule has 0 unspecified atom stereocenters. The lowest BCUT2D eigenvalue weighted by Gasteiger charge is -2.09. The Bertz CT molecular complexity index is 604. The highest BCUT2D eigenvalue weighted by Gasteiger charge is 2.10. The lowest BCUT2D eigenvalue weighted by molar-refractivity contribution is -0.119. The predicted octanol–water partition coefficient (Wildman–Crippen LogP) is 2.40. The van der Waals surface area contributed by atoms with Gasteiger partial charge in [-0.05, 0) is 30.7 Å². The molecule has 0 radical (unpaired) electrons. The number of carbonyl (C=O) groups is 1. The van der Waals surface area contributed by atoms with E-state index in [1.54, 1.807) is 18.2 Å². The van der Waals surface area contributed by atoms with E-state index < -0.39 is 5.91 Å². The SMILES string of the molecule is Cc1ccc(O/C(=C\c2ccccc2)C(=O)NN)cc1. The molecular formula is C16H16N2O2. The molecule has 2 rings (SSSR count). The number of nitrogens with one attached hydrogen (secondary N) is 1. The summed E-state index contributed by atoms with van der Waals surface area (Å²) >= 11 is 0. The van der Waals surface area contributed by atoms with Gasteiger partial charge in [-0.25, -0.2) is 5.84 Å². The van der Waals surface area contributed by atoms with Crippen LogP contribution in [0.25, 0.3) is 6.08 Å². The van der Waals surface area contributed by atoms with Crippen molar-refractivity contribution in [2.24, 2.45) is 5.84 Å². The van der Waals surface area contributed by atoms with Gasteiger partial charge in [0.1, 0.15) is 5.75 Å². The van der Waals surface area contributed by atoms with Crippen molar-refractivity contribution in [3.8, 4) is 5.75 Å². The van der Waals surface area contributed by atoms with Gasteiger partial charge < -0.3 is 4.74 Å². The van der Waals surface area contributed by atoms with Crippen molar-refractivity contribution < 1.29 is 9.53 Å². The topological polar surface area (TPSA) is 64.3 Å². The fourth-order valence-corrected chi connectivity index (χ4v) is 1.65. The van der Waals surface area contributed by atoms with E-state index in [9.17, 15) is 4.79 Å². The Morgan fingerprint density at radius 1 is 1.10 bits per heavy atom. The molecular weight excluding hydrogens is 252 g/mol. The van der Waals surface area contributed by atoms with Gasteiger partial charge in [-0.2, -0.15) is 0 Å². The first-order valence-electron chi connectivity index (χ1n) is 6.21. The number of hydrogen-bond donors (Lipinski definition) is 2. The minimum atomic E-state index is -0.477. The van der Waals surface area contributed by atoms with Crippen molar-refractivity contribution in [3.63, 3.8) is 0 Å². The summed E-state index contributed by atoms with van der Waals surface area (Å²) in [5, 5.41) is 0. The zero-order valence-electron chi connectivity index (χ0n) is 11.2. The minimum Gasteiger partial charge on any atom is -0.452 e. The summed E-state index contributed by atoms with van der Waals surface area (Å²) in [5.41, 5.74) is 4.06. The van der Waals surface area contributed by atoms with Gasteiger partial charge in [-0.1, -0.05) is 48.0 Å². The lowest BCUT2D eigenvalue weighted by Crippen LogP contribution is -2.33. The van der Waals surface area contributed by atoms with Gasteiger partial charge in [0.25, 0.3) is 0 Å². The molecule has 0 atom stereocenters. The molecule has 0 fully saturated rings. The van der Waals surface area contributed by atoms with Crippen LogP contribution in [0.5, 0.6) is 5.75 Å². The van der Waals surface area contributed by atoms with Crippen LogP contribution in [0.2, 0.25) is 0 Å². The molecule has 0 aromatic heterocycles. The van der Waals surface area contributed by atoms with Crippen molar-refractivity contribution in [2.45, 2.75) is 6.92 Å². The van der Waals surface area contributed by atoms with Crippen LogP contribution < -0.4 is 16.0 Å². The van der Waals surface area contributed by atoms with Crippen molar-refractivity contribution in [1.29, 1.82) is 0 Å². The van der Waals surface area contributed by atoms with Gasteiger partial charge in [0, 0.05) is 0 Å². The number of benzene rings is 2. The molecule has 2 aromatic carbocycles. The highest BCUT2D eigenvalue weighted by Crippen LogP contribution is 2.16. The molecule has 2 aromatic rings. The van der Waals surface area contributed by atoms with Gasteiger partial charge in [-0.15, -0.1) is 0 Å². The van der Waals surface area contributed by atoms with E-state index in [-0.39, 0.29) is 5.76 Å². The van der Waals surface area contributed by atoms with Crippen LogP contribution in [0.3, 0.4) is 0 Å². The van der Waals surface area contributed by atoms with Gasteiger partial charge in [-0.3, -0.25) is 10.2 Å². The van der Waals surface area contributed by atoms with Crippen LogP contribution in [-0.4, -0.2) is 5.91 Å². The molecule has 3 N–H and O–H groups in total. The second kappa shape index (κ2) is 6.54. The molecule has 0 aliphatic heterocycles. The molecule has 102 valence electrons. The van der Waals surface area contributed by atoms with Crippen LogP contribution >= 0.6 is 0 Å². The van der Waals surface area contributed by atoms with E-state index in [4.69, 9.17) is 10.6 Å². The molecule has 1 amide bonds. The van der Waals surface area contributed by atoms with Crippen molar-refractivity contribution >= 4 is 12.0 Å². The van der Waals surface area contributed by atoms with Crippen LogP contribution in [-0.2, 0) is 4.79 Å². The first kappa shape index (κ1) is 13.8. The zero-order chi connectivity index (χ0) is 14.4. The highest BCUT2D eigenvalue weighted by atomic mass is 16.5. The van der Waals surface area contributed by atoms with Gasteiger partial charge in [0.2, 0.25) is 0 Å². The smallest absolute Gasteiger partial charge is 0.300 e. The Labute approximate surface area is 117 Å². The number of rotatable bonds is 4. The number of nitrogens with two attached hydrogens (primary N) is 1. The normalized spacial score (nSPS) is 11.0. The molecule has 0 saturated carbocycles. The molecule has 0 bridgehead atoms. The monoisotopic (exact) mass is 268 g/mol. The third kappa shape index (κ3) is 3.70. The maximum atomic E-state index is 11.8.